The predicted octanol–water partition coefficient (Wildman–Crippen LogP) is 3.94. The van der Waals surface area contributed by atoms with E-state index in [4.69, 9.17) is 4.74 Å². The van der Waals surface area contributed by atoms with Gasteiger partial charge in [-0.3, -0.25) is 4.40 Å². The van der Waals surface area contributed by atoms with Gasteiger partial charge in [-0.2, -0.15) is 0 Å². The maximum atomic E-state index is 6.13. The first kappa shape index (κ1) is 13.3. The maximum Gasteiger partial charge on any atom is 0.164 e. The van der Waals surface area contributed by atoms with Crippen molar-refractivity contribution >= 4 is 21.6 Å². The lowest BCUT2D eigenvalue weighted by atomic mass is 9.82. The van der Waals surface area contributed by atoms with Gasteiger partial charge in [0.1, 0.15) is 12.1 Å². The van der Waals surface area contributed by atoms with Crippen LogP contribution in [0.4, 0.5) is 0 Å². The van der Waals surface area contributed by atoms with E-state index < -0.39 is 0 Å². The molecule has 3 aliphatic rings. The van der Waals surface area contributed by atoms with Crippen molar-refractivity contribution in [3.63, 3.8) is 0 Å². The Morgan fingerprint density at radius 3 is 2.73 bits per heavy atom. The lowest BCUT2D eigenvalue weighted by Gasteiger charge is -2.23. The molecule has 3 fully saturated rings. The van der Waals surface area contributed by atoms with E-state index in [9.17, 15) is 0 Å². The van der Waals surface area contributed by atoms with Gasteiger partial charge in [0.2, 0.25) is 0 Å². The summed E-state index contributed by atoms with van der Waals surface area (Å²) in [6.07, 6.45) is 11.0. The van der Waals surface area contributed by atoms with Crippen molar-refractivity contribution in [2.75, 3.05) is 6.61 Å². The minimum atomic E-state index is 0.736. The van der Waals surface area contributed by atoms with Crippen LogP contribution < -0.4 is 4.74 Å². The van der Waals surface area contributed by atoms with Crippen LogP contribution in [-0.2, 0) is 0 Å². The third-order valence-corrected chi connectivity index (χ3v) is 6.90. The van der Waals surface area contributed by atoms with Crippen LogP contribution in [0.25, 0.3) is 5.65 Å². The number of rotatable bonds is 3. The normalized spacial score (nSPS) is 36.1. The molecule has 4 unspecified atom stereocenters. The third-order valence-electron chi connectivity index (χ3n) is 6.31. The Morgan fingerprint density at radius 2 is 1.95 bits per heavy atom. The number of pyridine rings is 1. The Kier molecular flexibility index (Phi) is 3.00. The number of halogens is 1. The molecule has 0 saturated heterocycles. The minimum absolute atomic E-state index is 0.736. The van der Waals surface area contributed by atoms with E-state index in [0.29, 0.717) is 0 Å². The molecule has 3 saturated carbocycles. The van der Waals surface area contributed by atoms with Crippen molar-refractivity contribution in [3.8, 4) is 5.75 Å². The zero-order chi connectivity index (χ0) is 14.7. The molecule has 22 heavy (non-hydrogen) atoms. The number of fused-ring (bicyclic) bond motifs is 6. The summed E-state index contributed by atoms with van der Waals surface area (Å²) >= 11 is 3.59. The Labute approximate surface area is 138 Å². The lowest BCUT2D eigenvalue weighted by Crippen LogP contribution is -2.15. The second kappa shape index (κ2) is 4.95. The number of nitrogens with zero attached hydrogens (tertiary/aromatic N) is 3. The summed E-state index contributed by atoms with van der Waals surface area (Å²) < 4.78 is 8.99. The molecule has 4 atom stereocenters. The quantitative estimate of drug-likeness (QED) is 0.830. The maximum absolute atomic E-state index is 6.13. The minimum Gasteiger partial charge on any atom is -0.492 e. The van der Waals surface area contributed by atoms with Crippen molar-refractivity contribution in [1.29, 1.82) is 0 Å². The van der Waals surface area contributed by atoms with Crippen molar-refractivity contribution in [2.24, 2.45) is 29.6 Å². The smallest absolute Gasteiger partial charge is 0.164 e. The molecule has 2 aromatic heterocycles. The number of ether oxygens (including phenoxy) is 1. The molecule has 0 spiro atoms. The molecule has 3 aliphatic carbocycles. The van der Waals surface area contributed by atoms with Gasteiger partial charge < -0.3 is 4.74 Å². The van der Waals surface area contributed by atoms with Gasteiger partial charge in [-0.1, -0.05) is 0 Å². The molecule has 0 amide bonds. The molecule has 0 aromatic carbocycles. The number of hydrogen-bond donors (Lipinski definition) is 0. The molecule has 0 aliphatic heterocycles. The van der Waals surface area contributed by atoms with Gasteiger partial charge in [-0.15, -0.1) is 10.2 Å². The molecular formula is C17H20BrN3O. The summed E-state index contributed by atoms with van der Waals surface area (Å²) in [5, 5.41) is 8.01. The molecule has 116 valence electrons. The summed E-state index contributed by atoms with van der Waals surface area (Å²) in [6, 6.07) is 1.97. The van der Waals surface area contributed by atoms with Crippen LogP contribution in [0.2, 0.25) is 0 Å². The van der Waals surface area contributed by atoms with Gasteiger partial charge in [0.15, 0.2) is 5.65 Å². The first-order valence-corrected chi connectivity index (χ1v) is 9.19. The lowest BCUT2D eigenvalue weighted by molar-refractivity contribution is 0.238. The van der Waals surface area contributed by atoms with Crippen LogP contribution in [0.1, 0.15) is 32.1 Å². The highest BCUT2D eigenvalue weighted by molar-refractivity contribution is 9.10. The van der Waals surface area contributed by atoms with Gasteiger partial charge in [0.25, 0.3) is 0 Å². The van der Waals surface area contributed by atoms with Crippen molar-refractivity contribution < 1.29 is 4.74 Å². The fourth-order valence-corrected chi connectivity index (χ4v) is 5.86. The molecule has 5 rings (SSSR count). The van der Waals surface area contributed by atoms with Crippen molar-refractivity contribution in [2.45, 2.75) is 32.1 Å². The van der Waals surface area contributed by atoms with Gasteiger partial charge >= 0.3 is 0 Å². The summed E-state index contributed by atoms with van der Waals surface area (Å²) in [4.78, 5) is 0. The largest absolute Gasteiger partial charge is 0.492 e. The highest BCUT2D eigenvalue weighted by Gasteiger charge is 2.51. The third kappa shape index (κ3) is 2.01. The monoisotopic (exact) mass is 361 g/mol. The molecule has 4 nitrogen and oxygen atoms in total. The average Bonchev–Trinajstić information content (AvgIpc) is 3.25. The fourth-order valence-electron chi connectivity index (χ4n) is 5.41. The first-order valence-electron chi connectivity index (χ1n) is 8.39. The Hall–Kier alpha value is -1.10. The van der Waals surface area contributed by atoms with E-state index in [1.54, 1.807) is 6.33 Å². The van der Waals surface area contributed by atoms with Gasteiger partial charge in [-0.25, -0.2) is 0 Å². The fraction of sp³-hybridized carbons (Fsp3) is 0.647. The predicted molar refractivity (Wildman–Crippen MR) is 86.7 cm³/mol. The van der Waals surface area contributed by atoms with Crippen molar-refractivity contribution in [1.82, 2.24) is 14.6 Å². The molecule has 2 aromatic rings. The Bertz CT molecular complexity index is 697. The van der Waals surface area contributed by atoms with Gasteiger partial charge in [-0.05, 0) is 77.6 Å². The van der Waals surface area contributed by atoms with E-state index >= 15 is 0 Å². The zero-order valence-corrected chi connectivity index (χ0v) is 14.1. The van der Waals surface area contributed by atoms with Crippen LogP contribution in [0.5, 0.6) is 5.75 Å². The van der Waals surface area contributed by atoms with E-state index in [1.807, 2.05) is 16.7 Å². The summed E-state index contributed by atoms with van der Waals surface area (Å²) in [5.41, 5.74) is 0.833. The number of aromatic nitrogens is 3. The zero-order valence-electron chi connectivity index (χ0n) is 12.5. The van der Waals surface area contributed by atoms with Crippen LogP contribution >= 0.6 is 15.9 Å². The second-order valence-corrected chi connectivity index (χ2v) is 8.25. The van der Waals surface area contributed by atoms with E-state index in [0.717, 1.165) is 52.1 Å². The van der Waals surface area contributed by atoms with Crippen LogP contribution in [0.3, 0.4) is 0 Å². The highest BCUT2D eigenvalue weighted by Crippen LogP contribution is 2.60. The highest BCUT2D eigenvalue weighted by atomic mass is 79.9. The summed E-state index contributed by atoms with van der Waals surface area (Å²) in [7, 11) is 0. The first-order chi connectivity index (χ1) is 10.8. The molecule has 0 N–H and O–H groups in total. The van der Waals surface area contributed by atoms with Gasteiger partial charge in [0, 0.05) is 12.3 Å². The van der Waals surface area contributed by atoms with E-state index in [-0.39, 0.29) is 0 Å². The van der Waals surface area contributed by atoms with E-state index in [1.165, 1.54) is 32.1 Å². The van der Waals surface area contributed by atoms with Crippen LogP contribution in [0, 0.1) is 29.6 Å². The van der Waals surface area contributed by atoms with E-state index in [2.05, 4.69) is 26.1 Å². The SMILES string of the molecule is Brc1cn2cnnc2cc1OCC1CC2C3CCC(C3)C2C1. The Balaban J connectivity index is 1.28. The van der Waals surface area contributed by atoms with Crippen molar-refractivity contribution in [3.05, 3.63) is 23.1 Å². The molecular weight excluding hydrogens is 342 g/mol. The molecule has 2 heterocycles. The number of hydrogen-bond acceptors (Lipinski definition) is 3. The summed E-state index contributed by atoms with van der Waals surface area (Å²) in [5.74, 6) is 5.72. The topological polar surface area (TPSA) is 39.4 Å². The van der Waals surface area contributed by atoms with Crippen LogP contribution in [0.15, 0.2) is 23.1 Å². The molecule has 5 heteroatoms. The molecule has 0 radical (unpaired) electrons. The van der Waals surface area contributed by atoms with Gasteiger partial charge in [0.05, 0.1) is 11.1 Å². The summed E-state index contributed by atoms with van der Waals surface area (Å²) in [6.45, 7) is 0.843. The Morgan fingerprint density at radius 1 is 1.18 bits per heavy atom. The van der Waals surface area contributed by atoms with Crippen LogP contribution in [-0.4, -0.2) is 21.2 Å². The standard InChI is InChI=1S/C17H20BrN3O/c18-15-7-21-9-19-20-17(21)6-16(15)22-8-10-3-13-11-1-2-12(5-11)14(13)4-10/h6-7,9-14H,1-5,8H2. The second-order valence-electron chi connectivity index (χ2n) is 7.39. The average molecular weight is 362 g/mol. The molecule has 2 bridgehead atoms.